The van der Waals surface area contributed by atoms with Crippen LogP contribution in [0.2, 0.25) is 0 Å². The van der Waals surface area contributed by atoms with E-state index in [9.17, 15) is 18.3 Å². The number of nitrogens with zero attached hydrogens (tertiary/aromatic N) is 6. The molecule has 1 aliphatic rings. The second-order valence-corrected chi connectivity index (χ2v) is 6.97. The third-order valence-electron chi connectivity index (χ3n) is 4.89. The summed E-state index contributed by atoms with van der Waals surface area (Å²) in [6.07, 6.45) is 0.139. The number of aliphatic hydroxyl groups is 1. The van der Waals surface area contributed by atoms with E-state index in [2.05, 4.69) is 30.7 Å². The maximum atomic E-state index is 13.6. The van der Waals surface area contributed by atoms with E-state index in [1.165, 1.54) is 30.3 Å². The van der Waals surface area contributed by atoms with Gasteiger partial charge in [-0.25, -0.2) is 14.6 Å². The minimum absolute atomic E-state index is 0.0260. The van der Waals surface area contributed by atoms with E-state index in [1.54, 1.807) is 4.68 Å². The summed E-state index contributed by atoms with van der Waals surface area (Å²) in [4.78, 5) is 12.1. The third-order valence-corrected chi connectivity index (χ3v) is 4.89. The molecule has 0 bridgehead atoms. The number of hydrogen-bond acceptors (Lipinski definition) is 5. The van der Waals surface area contributed by atoms with Crippen molar-refractivity contribution in [1.82, 2.24) is 34.9 Å². The molecule has 0 amide bonds. The Morgan fingerprint density at radius 2 is 2.17 bits per heavy atom. The van der Waals surface area contributed by atoms with Crippen LogP contribution < -0.4 is 10.6 Å². The van der Waals surface area contributed by atoms with E-state index in [0.29, 0.717) is 19.0 Å². The van der Waals surface area contributed by atoms with Crippen LogP contribution >= 0.6 is 0 Å². The van der Waals surface area contributed by atoms with Crippen molar-refractivity contribution < 1.29 is 18.3 Å². The number of halogens is 3. The SMILES string of the molecule is CCNC(=NCCC(O)(c1nccn1C)C(F)(F)F)NC1CCc2ncnn2C1. The van der Waals surface area contributed by atoms with Gasteiger partial charge in [0, 0.05) is 51.4 Å². The number of aryl methyl sites for hydroxylation is 2. The molecule has 3 N–H and O–H groups in total. The molecule has 0 aliphatic carbocycles. The van der Waals surface area contributed by atoms with E-state index in [-0.39, 0.29) is 12.6 Å². The molecule has 3 heterocycles. The van der Waals surface area contributed by atoms with E-state index < -0.39 is 24.0 Å². The zero-order valence-electron chi connectivity index (χ0n) is 16.3. The maximum Gasteiger partial charge on any atom is 0.424 e. The van der Waals surface area contributed by atoms with Crippen molar-refractivity contribution in [2.24, 2.45) is 12.0 Å². The molecule has 3 rings (SSSR count). The van der Waals surface area contributed by atoms with Gasteiger partial charge in [-0.2, -0.15) is 18.3 Å². The van der Waals surface area contributed by atoms with Gasteiger partial charge in [0.25, 0.3) is 0 Å². The molecule has 2 aromatic heterocycles. The minimum atomic E-state index is -4.87. The lowest BCUT2D eigenvalue weighted by atomic mass is 9.98. The summed E-state index contributed by atoms with van der Waals surface area (Å²) in [7, 11) is 1.41. The van der Waals surface area contributed by atoms with Crippen LogP contribution in [-0.2, 0) is 25.6 Å². The first-order valence-corrected chi connectivity index (χ1v) is 9.43. The highest BCUT2D eigenvalue weighted by molar-refractivity contribution is 5.80. The van der Waals surface area contributed by atoms with Crippen molar-refractivity contribution in [2.75, 3.05) is 13.1 Å². The van der Waals surface area contributed by atoms with Crippen LogP contribution in [0.15, 0.2) is 23.7 Å². The van der Waals surface area contributed by atoms with Crippen LogP contribution in [0.1, 0.15) is 31.4 Å². The molecule has 0 fully saturated rings. The van der Waals surface area contributed by atoms with Gasteiger partial charge in [-0.1, -0.05) is 0 Å². The number of imidazole rings is 1. The molecule has 12 heteroatoms. The largest absolute Gasteiger partial charge is 0.424 e. The number of aromatic nitrogens is 5. The molecule has 160 valence electrons. The Balaban J connectivity index is 1.68. The van der Waals surface area contributed by atoms with E-state index in [1.807, 2.05) is 6.92 Å². The van der Waals surface area contributed by atoms with Crippen molar-refractivity contribution in [3.8, 4) is 0 Å². The third kappa shape index (κ3) is 4.52. The van der Waals surface area contributed by atoms with Crippen LogP contribution in [-0.4, -0.2) is 60.7 Å². The quantitative estimate of drug-likeness (QED) is 0.475. The van der Waals surface area contributed by atoms with Crippen LogP contribution in [0.4, 0.5) is 13.2 Å². The average molecular weight is 414 g/mol. The predicted molar refractivity (Wildman–Crippen MR) is 99.0 cm³/mol. The molecule has 1 aliphatic heterocycles. The fourth-order valence-corrected chi connectivity index (χ4v) is 3.34. The van der Waals surface area contributed by atoms with Gasteiger partial charge in [0.15, 0.2) is 5.96 Å². The molecule has 2 aromatic rings. The summed E-state index contributed by atoms with van der Waals surface area (Å²) in [5, 5.41) is 20.8. The van der Waals surface area contributed by atoms with Gasteiger partial charge in [0.1, 0.15) is 18.0 Å². The number of guanidine groups is 1. The van der Waals surface area contributed by atoms with Gasteiger partial charge in [-0.3, -0.25) is 4.99 Å². The molecule has 0 saturated heterocycles. The number of alkyl halides is 3. The Kier molecular flexibility index (Phi) is 6.10. The lowest BCUT2D eigenvalue weighted by Gasteiger charge is -2.29. The van der Waals surface area contributed by atoms with Crippen molar-refractivity contribution in [3.63, 3.8) is 0 Å². The van der Waals surface area contributed by atoms with Crippen LogP contribution in [0.3, 0.4) is 0 Å². The highest BCUT2D eigenvalue weighted by Crippen LogP contribution is 2.40. The molecule has 0 spiro atoms. The first-order valence-electron chi connectivity index (χ1n) is 9.43. The number of fused-ring (bicyclic) bond motifs is 1. The van der Waals surface area contributed by atoms with E-state index in [4.69, 9.17) is 0 Å². The Bertz CT molecular complexity index is 846. The van der Waals surface area contributed by atoms with Gasteiger partial charge < -0.3 is 20.3 Å². The summed E-state index contributed by atoms with van der Waals surface area (Å²) in [5.41, 5.74) is -3.08. The van der Waals surface area contributed by atoms with E-state index in [0.717, 1.165) is 18.7 Å². The molecule has 9 nitrogen and oxygen atoms in total. The Morgan fingerprint density at radius 3 is 2.83 bits per heavy atom. The monoisotopic (exact) mass is 414 g/mol. The Labute approximate surface area is 166 Å². The second kappa shape index (κ2) is 8.39. The zero-order chi connectivity index (χ0) is 21.1. The molecule has 0 saturated carbocycles. The first-order chi connectivity index (χ1) is 13.7. The number of hydrogen-bond donors (Lipinski definition) is 3. The fourth-order valence-electron chi connectivity index (χ4n) is 3.34. The molecular formula is C17H25F3N8O. The van der Waals surface area contributed by atoms with Crippen molar-refractivity contribution in [3.05, 3.63) is 30.4 Å². The Morgan fingerprint density at radius 1 is 1.38 bits per heavy atom. The van der Waals surface area contributed by atoms with Gasteiger partial charge in [0.2, 0.25) is 5.60 Å². The lowest BCUT2D eigenvalue weighted by molar-refractivity contribution is -0.272. The summed E-state index contributed by atoms with van der Waals surface area (Å²) >= 11 is 0. The van der Waals surface area contributed by atoms with Crippen LogP contribution in [0.25, 0.3) is 0 Å². The fraction of sp³-hybridized carbons (Fsp3) is 0.647. The van der Waals surface area contributed by atoms with Crippen LogP contribution in [0.5, 0.6) is 0 Å². The van der Waals surface area contributed by atoms with Crippen molar-refractivity contribution >= 4 is 5.96 Å². The molecule has 0 aromatic carbocycles. The maximum absolute atomic E-state index is 13.6. The second-order valence-electron chi connectivity index (χ2n) is 6.97. The molecule has 0 radical (unpaired) electrons. The number of aliphatic imine (C=N–C) groups is 1. The zero-order valence-corrected chi connectivity index (χ0v) is 16.3. The topological polar surface area (TPSA) is 105 Å². The normalized spacial score (nSPS) is 19.5. The van der Waals surface area contributed by atoms with Gasteiger partial charge in [-0.05, 0) is 13.3 Å². The van der Waals surface area contributed by atoms with Crippen molar-refractivity contribution in [1.29, 1.82) is 0 Å². The van der Waals surface area contributed by atoms with Gasteiger partial charge in [-0.15, -0.1) is 0 Å². The van der Waals surface area contributed by atoms with E-state index >= 15 is 0 Å². The summed E-state index contributed by atoms with van der Waals surface area (Å²) in [6, 6.07) is 0.0260. The summed E-state index contributed by atoms with van der Waals surface area (Å²) < 4.78 is 43.8. The highest BCUT2D eigenvalue weighted by atomic mass is 19.4. The smallest absolute Gasteiger partial charge is 0.374 e. The summed E-state index contributed by atoms with van der Waals surface area (Å²) in [6.45, 7) is 2.78. The molecular weight excluding hydrogens is 389 g/mol. The predicted octanol–water partition coefficient (Wildman–Crippen LogP) is 0.722. The summed E-state index contributed by atoms with van der Waals surface area (Å²) in [5.74, 6) is 0.852. The Hall–Kier alpha value is -2.63. The van der Waals surface area contributed by atoms with Crippen molar-refractivity contribution in [2.45, 2.75) is 50.6 Å². The lowest BCUT2D eigenvalue weighted by Crippen LogP contribution is -2.48. The minimum Gasteiger partial charge on any atom is -0.374 e. The number of rotatable bonds is 6. The molecule has 2 unspecified atom stereocenters. The van der Waals surface area contributed by atoms with Gasteiger partial charge >= 0.3 is 6.18 Å². The molecule has 29 heavy (non-hydrogen) atoms. The average Bonchev–Trinajstić information content (AvgIpc) is 3.29. The molecule has 2 atom stereocenters. The van der Waals surface area contributed by atoms with Gasteiger partial charge in [0.05, 0.1) is 6.54 Å². The first kappa shape index (κ1) is 21.1. The highest BCUT2D eigenvalue weighted by Gasteiger charge is 2.57. The number of nitrogens with one attached hydrogen (secondary N) is 2. The van der Waals surface area contributed by atoms with Crippen LogP contribution in [0, 0.1) is 0 Å². The standard InChI is InChI=1S/C17H25F3N8O/c1-3-21-15(26-12-4-5-13-24-11-25-28(13)10-12)23-7-6-16(29,17(18,19)20)14-22-8-9-27(14)2/h8-9,11-12,29H,3-7,10H2,1-2H3,(H2,21,23,26).